The molecule has 0 aliphatic rings. The maximum atomic E-state index is 11.7. The van der Waals surface area contributed by atoms with Gasteiger partial charge in [-0.15, -0.1) is 0 Å². The van der Waals surface area contributed by atoms with E-state index in [0.717, 1.165) is 19.5 Å². The molecule has 1 N–H and O–H groups in total. The summed E-state index contributed by atoms with van der Waals surface area (Å²) < 4.78 is 5.30. The number of unbranched alkanes of at least 4 members (excludes halogenated alkanes) is 5. The molecule has 1 amide bonds. The van der Waals surface area contributed by atoms with Gasteiger partial charge in [0, 0.05) is 13.6 Å². The number of carbonyl (C=O) groups excluding carboxylic acids is 1. The molecule has 0 aliphatic heterocycles. The number of ether oxygens (including phenoxy) is 1. The molecule has 0 aromatic carbocycles. The van der Waals surface area contributed by atoms with Crippen LogP contribution in [-0.2, 0) is 4.74 Å². The predicted octanol–water partition coefficient (Wildman–Crippen LogP) is 3.41. The zero-order valence-corrected chi connectivity index (χ0v) is 13.4. The summed E-state index contributed by atoms with van der Waals surface area (Å²) in [5, 5.41) is 3.16. The first-order valence-corrected chi connectivity index (χ1v) is 7.45. The molecule has 4 nitrogen and oxygen atoms in total. The van der Waals surface area contributed by atoms with Crippen molar-refractivity contribution in [2.45, 2.75) is 64.9 Å². The molecule has 0 bridgehead atoms. The molecule has 0 heterocycles. The maximum absolute atomic E-state index is 11.7. The molecule has 4 heteroatoms. The Morgan fingerprint density at radius 3 is 2.11 bits per heavy atom. The fourth-order valence-electron chi connectivity index (χ4n) is 1.79. The van der Waals surface area contributed by atoms with Gasteiger partial charge in [-0.25, -0.2) is 4.79 Å². The third-order valence-electron chi connectivity index (χ3n) is 2.88. The van der Waals surface area contributed by atoms with Crippen LogP contribution in [0.15, 0.2) is 0 Å². The van der Waals surface area contributed by atoms with Crippen LogP contribution in [0.2, 0.25) is 0 Å². The zero-order valence-electron chi connectivity index (χ0n) is 13.4. The van der Waals surface area contributed by atoms with E-state index in [1.54, 1.807) is 11.9 Å². The highest BCUT2D eigenvalue weighted by atomic mass is 16.6. The first kappa shape index (κ1) is 18.2. The van der Waals surface area contributed by atoms with Gasteiger partial charge in [-0.1, -0.05) is 25.7 Å². The topological polar surface area (TPSA) is 41.6 Å². The Hall–Kier alpha value is -0.770. The van der Waals surface area contributed by atoms with Crippen molar-refractivity contribution in [3.8, 4) is 0 Å². The molecule has 0 saturated carbocycles. The summed E-state index contributed by atoms with van der Waals surface area (Å²) in [4.78, 5) is 13.4. The average molecular weight is 272 g/mol. The van der Waals surface area contributed by atoms with Crippen LogP contribution in [0.4, 0.5) is 4.79 Å². The van der Waals surface area contributed by atoms with Crippen LogP contribution >= 0.6 is 0 Å². The molecular formula is C15H32N2O2. The van der Waals surface area contributed by atoms with Crippen LogP contribution in [0.3, 0.4) is 0 Å². The van der Waals surface area contributed by atoms with Gasteiger partial charge in [0.15, 0.2) is 0 Å². The smallest absolute Gasteiger partial charge is 0.410 e. The van der Waals surface area contributed by atoms with E-state index < -0.39 is 5.60 Å². The summed E-state index contributed by atoms with van der Waals surface area (Å²) in [5.41, 5.74) is -0.404. The number of nitrogens with zero attached hydrogens (tertiary/aromatic N) is 1. The van der Waals surface area contributed by atoms with E-state index in [1.165, 1.54) is 32.1 Å². The van der Waals surface area contributed by atoms with Crippen molar-refractivity contribution in [3.05, 3.63) is 0 Å². The quantitative estimate of drug-likeness (QED) is 0.654. The van der Waals surface area contributed by atoms with E-state index in [1.807, 2.05) is 27.8 Å². The number of hydrogen-bond acceptors (Lipinski definition) is 3. The fourth-order valence-corrected chi connectivity index (χ4v) is 1.79. The second kappa shape index (κ2) is 10.1. The summed E-state index contributed by atoms with van der Waals surface area (Å²) in [6.45, 7) is 7.57. The molecule has 19 heavy (non-hydrogen) atoms. The Kier molecular flexibility index (Phi) is 9.66. The van der Waals surface area contributed by atoms with Gasteiger partial charge in [0.05, 0.1) is 0 Å². The van der Waals surface area contributed by atoms with E-state index in [0.29, 0.717) is 0 Å². The molecule has 0 unspecified atom stereocenters. The molecule has 0 saturated heterocycles. The summed E-state index contributed by atoms with van der Waals surface area (Å²) >= 11 is 0. The minimum atomic E-state index is -0.404. The lowest BCUT2D eigenvalue weighted by Gasteiger charge is -2.24. The molecule has 0 rings (SSSR count). The van der Waals surface area contributed by atoms with Crippen LogP contribution < -0.4 is 5.32 Å². The van der Waals surface area contributed by atoms with Gasteiger partial charge in [0.2, 0.25) is 0 Å². The van der Waals surface area contributed by atoms with Crippen molar-refractivity contribution < 1.29 is 9.53 Å². The molecule has 0 atom stereocenters. The first-order chi connectivity index (χ1) is 8.87. The van der Waals surface area contributed by atoms with E-state index in [2.05, 4.69) is 5.32 Å². The van der Waals surface area contributed by atoms with Crippen molar-refractivity contribution >= 4 is 6.09 Å². The summed E-state index contributed by atoms with van der Waals surface area (Å²) in [5.74, 6) is 0. The molecule has 0 spiro atoms. The highest BCUT2D eigenvalue weighted by molar-refractivity contribution is 5.67. The van der Waals surface area contributed by atoms with Crippen molar-refractivity contribution in [3.63, 3.8) is 0 Å². The number of nitrogens with one attached hydrogen (secondary N) is 1. The number of hydrogen-bond donors (Lipinski definition) is 1. The Morgan fingerprint density at radius 1 is 1.05 bits per heavy atom. The lowest BCUT2D eigenvalue weighted by molar-refractivity contribution is 0.0296. The van der Waals surface area contributed by atoms with Gasteiger partial charge in [-0.05, 0) is 47.2 Å². The van der Waals surface area contributed by atoms with Gasteiger partial charge in [-0.2, -0.15) is 0 Å². The van der Waals surface area contributed by atoms with Gasteiger partial charge in [-0.3, -0.25) is 0 Å². The fraction of sp³-hybridized carbons (Fsp3) is 0.933. The highest BCUT2D eigenvalue weighted by Gasteiger charge is 2.18. The normalized spacial score (nSPS) is 11.4. The summed E-state index contributed by atoms with van der Waals surface area (Å²) in [6, 6.07) is 0. The molecule has 0 radical (unpaired) electrons. The van der Waals surface area contributed by atoms with Crippen molar-refractivity contribution in [1.29, 1.82) is 0 Å². The molecule has 0 aromatic rings. The number of rotatable bonds is 9. The van der Waals surface area contributed by atoms with Gasteiger partial charge in [0.1, 0.15) is 5.60 Å². The largest absolute Gasteiger partial charge is 0.444 e. The molecule has 0 fully saturated rings. The van der Waals surface area contributed by atoms with Crippen LogP contribution in [0.25, 0.3) is 0 Å². The maximum Gasteiger partial charge on any atom is 0.410 e. The highest BCUT2D eigenvalue weighted by Crippen LogP contribution is 2.10. The predicted molar refractivity (Wildman–Crippen MR) is 80.5 cm³/mol. The Morgan fingerprint density at radius 2 is 1.58 bits per heavy atom. The lowest BCUT2D eigenvalue weighted by Crippen LogP contribution is -2.34. The molecule has 114 valence electrons. The minimum absolute atomic E-state index is 0.221. The van der Waals surface area contributed by atoms with Crippen molar-refractivity contribution in [2.75, 3.05) is 27.2 Å². The summed E-state index contributed by atoms with van der Waals surface area (Å²) in [7, 11) is 3.80. The third kappa shape index (κ3) is 12.0. The second-order valence-electron chi connectivity index (χ2n) is 6.13. The first-order valence-electron chi connectivity index (χ1n) is 7.45. The Labute approximate surface area is 118 Å². The standard InChI is InChI=1S/C15H32N2O2/c1-15(2,3)19-14(18)17(5)13-11-9-7-6-8-10-12-16-4/h16H,6-13H2,1-5H3. The third-order valence-corrected chi connectivity index (χ3v) is 2.88. The van der Waals surface area contributed by atoms with E-state index in [4.69, 9.17) is 4.74 Å². The van der Waals surface area contributed by atoms with E-state index in [-0.39, 0.29) is 6.09 Å². The molecular weight excluding hydrogens is 240 g/mol. The van der Waals surface area contributed by atoms with E-state index in [9.17, 15) is 4.79 Å². The van der Waals surface area contributed by atoms with Crippen LogP contribution in [0.1, 0.15) is 59.3 Å². The van der Waals surface area contributed by atoms with Crippen LogP contribution in [0, 0.1) is 0 Å². The van der Waals surface area contributed by atoms with Crippen molar-refractivity contribution in [1.82, 2.24) is 10.2 Å². The Bertz CT molecular complexity index is 237. The number of carbonyl (C=O) groups is 1. The van der Waals surface area contributed by atoms with Crippen LogP contribution in [-0.4, -0.2) is 43.8 Å². The van der Waals surface area contributed by atoms with E-state index >= 15 is 0 Å². The second-order valence-corrected chi connectivity index (χ2v) is 6.13. The summed E-state index contributed by atoms with van der Waals surface area (Å²) in [6.07, 6.45) is 7.12. The average Bonchev–Trinajstić information content (AvgIpc) is 2.30. The lowest BCUT2D eigenvalue weighted by atomic mass is 10.1. The zero-order chi connectivity index (χ0) is 14.7. The van der Waals surface area contributed by atoms with Gasteiger partial charge >= 0.3 is 6.09 Å². The monoisotopic (exact) mass is 272 g/mol. The van der Waals surface area contributed by atoms with Gasteiger partial charge in [0.25, 0.3) is 0 Å². The Balaban J connectivity index is 3.48. The minimum Gasteiger partial charge on any atom is -0.444 e. The van der Waals surface area contributed by atoms with Gasteiger partial charge < -0.3 is 15.0 Å². The van der Waals surface area contributed by atoms with Crippen molar-refractivity contribution in [2.24, 2.45) is 0 Å². The SMILES string of the molecule is CNCCCCCCCCN(C)C(=O)OC(C)(C)C. The van der Waals surface area contributed by atoms with Crippen LogP contribution in [0.5, 0.6) is 0 Å². The number of amides is 1. The molecule has 0 aromatic heterocycles. The molecule has 0 aliphatic carbocycles.